The average Bonchev–Trinajstić information content (AvgIpc) is 2.35. The Morgan fingerprint density at radius 3 is 2.59 bits per heavy atom. The molecule has 0 heterocycles. The molecule has 0 saturated carbocycles. The van der Waals surface area contributed by atoms with Gasteiger partial charge in [0, 0.05) is 22.8 Å². The average molecular weight is 272 g/mol. The molecule has 0 aliphatic carbocycles. The number of aldehydes is 1. The lowest BCUT2D eigenvalue weighted by Gasteiger charge is -2.17. The van der Waals surface area contributed by atoms with Gasteiger partial charge in [0.1, 0.15) is 0 Å². The molecule has 1 aromatic carbocycles. The zero-order chi connectivity index (χ0) is 12.7. The van der Waals surface area contributed by atoms with Crippen molar-refractivity contribution in [1.82, 2.24) is 4.90 Å². The number of halogens is 1. The van der Waals surface area contributed by atoms with E-state index in [1.54, 1.807) is 17.8 Å². The Balaban J connectivity index is 2.47. The van der Waals surface area contributed by atoms with Gasteiger partial charge in [-0.2, -0.15) is 0 Å². The molecule has 0 bridgehead atoms. The van der Waals surface area contributed by atoms with Crippen LogP contribution in [0.4, 0.5) is 0 Å². The second kappa shape index (κ2) is 7.75. The minimum absolute atomic E-state index is 0.535. The number of hydrogen-bond donors (Lipinski definition) is 0. The molecule has 0 amide bonds. The molecule has 0 radical (unpaired) electrons. The molecule has 0 fully saturated rings. The van der Waals surface area contributed by atoms with Gasteiger partial charge in [-0.3, -0.25) is 4.79 Å². The number of nitrogens with zero attached hydrogens (tertiary/aromatic N) is 1. The van der Waals surface area contributed by atoms with Gasteiger partial charge >= 0.3 is 0 Å². The number of hydrogen-bond acceptors (Lipinski definition) is 3. The van der Waals surface area contributed by atoms with Crippen LogP contribution in [0.2, 0.25) is 5.02 Å². The molecular formula is C13H18ClNOS. The highest BCUT2D eigenvalue weighted by atomic mass is 35.5. The van der Waals surface area contributed by atoms with Gasteiger partial charge in [-0.1, -0.05) is 25.4 Å². The van der Waals surface area contributed by atoms with E-state index in [0.29, 0.717) is 10.6 Å². The van der Waals surface area contributed by atoms with Crippen molar-refractivity contribution in [3.8, 4) is 0 Å². The zero-order valence-electron chi connectivity index (χ0n) is 10.3. The third-order valence-corrected chi connectivity index (χ3v) is 3.97. The molecule has 0 atom stereocenters. The Bertz CT molecular complexity index is 366. The van der Waals surface area contributed by atoms with E-state index in [1.807, 2.05) is 12.1 Å². The van der Waals surface area contributed by atoms with E-state index in [1.165, 1.54) is 0 Å². The molecule has 2 nitrogen and oxygen atoms in total. The minimum Gasteiger partial charge on any atom is -0.303 e. The molecule has 1 aromatic rings. The summed E-state index contributed by atoms with van der Waals surface area (Å²) in [4.78, 5) is 14.1. The third kappa shape index (κ3) is 4.70. The van der Waals surface area contributed by atoms with Crippen molar-refractivity contribution < 1.29 is 4.79 Å². The lowest BCUT2D eigenvalue weighted by atomic mass is 10.2. The normalized spacial score (nSPS) is 10.8. The van der Waals surface area contributed by atoms with Crippen LogP contribution in [0.25, 0.3) is 0 Å². The molecule has 0 aliphatic rings. The maximum Gasteiger partial charge on any atom is 0.151 e. The van der Waals surface area contributed by atoms with Crippen molar-refractivity contribution >= 4 is 29.6 Å². The zero-order valence-corrected chi connectivity index (χ0v) is 11.9. The first-order valence-corrected chi connectivity index (χ1v) is 7.17. The van der Waals surface area contributed by atoms with Crippen LogP contribution in [0.15, 0.2) is 23.1 Å². The molecule has 0 saturated heterocycles. The number of benzene rings is 1. The Kier molecular flexibility index (Phi) is 6.63. The summed E-state index contributed by atoms with van der Waals surface area (Å²) in [6, 6.07) is 5.58. The highest BCUT2D eigenvalue weighted by Crippen LogP contribution is 2.24. The molecule has 0 spiro atoms. The maximum atomic E-state index is 10.6. The summed E-state index contributed by atoms with van der Waals surface area (Å²) in [7, 11) is 0. The van der Waals surface area contributed by atoms with Crippen LogP contribution in [0.3, 0.4) is 0 Å². The Morgan fingerprint density at radius 2 is 2.06 bits per heavy atom. The van der Waals surface area contributed by atoms with Gasteiger partial charge in [-0.05, 0) is 31.3 Å². The van der Waals surface area contributed by atoms with Crippen molar-refractivity contribution in [2.24, 2.45) is 0 Å². The third-order valence-electron chi connectivity index (χ3n) is 2.67. The van der Waals surface area contributed by atoms with Gasteiger partial charge in [-0.25, -0.2) is 0 Å². The summed E-state index contributed by atoms with van der Waals surface area (Å²) in [6.07, 6.45) is 0.784. The predicted molar refractivity (Wildman–Crippen MR) is 75.4 cm³/mol. The van der Waals surface area contributed by atoms with Gasteiger partial charge in [0.2, 0.25) is 0 Å². The van der Waals surface area contributed by atoms with Gasteiger partial charge < -0.3 is 4.90 Å². The standard InChI is InChI=1S/C13H18ClNOS/c1-3-15(4-2)7-8-17-12-6-5-11(10-16)13(14)9-12/h5-6,9-10H,3-4,7-8H2,1-2H3. The number of carbonyl (C=O) groups excluding carboxylic acids is 1. The Labute approximate surface area is 112 Å². The monoisotopic (exact) mass is 271 g/mol. The summed E-state index contributed by atoms with van der Waals surface area (Å²) >= 11 is 7.74. The van der Waals surface area contributed by atoms with Gasteiger partial charge in [-0.15, -0.1) is 11.8 Å². The van der Waals surface area contributed by atoms with E-state index in [2.05, 4.69) is 18.7 Å². The first-order chi connectivity index (χ1) is 8.21. The highest BCUT2D eigenvalue weighted by Gasteiger charge is 2.03. The van der Waals surface area contributed by atoms with Gasteiger partial charge in [0.15, 0.2) is 6.29 Å². The van der Waals surface area contributed by atoms with Crippen LogP contribution < -0.4 is 0 Å². The summed E-state index contributed by atoms with van der Waals surface area (Å²) in [5, 5.41) is 0.535. The van der Waals surface area contributed by atoms with E-state index >= 15 is 0 Å². The lowest BCUT2D eigenvalue weighted by molar-refractivity contribution is 0.112. The van der Waals surface area contributed by atoms with Crippen molar-refractivity contribution in [1.29, 1.82) is 0 Å². The Morgan fingerprint density at radius 1 is 1.35 bits per heavy atom. The van der Waals surface area contributed by atoms with Crippen molar-refractivity contribution in [3.63, 3.8) is 0 Å². The summed E-state index contributed by atoms with van der Waals surface area (Å²) < 4.78 is 0. The summed E-state index contributed by atoms with van der Waals surface area (Å²) in [5.74, 6) is 1.04. The fraction of sp³-hybridized carbons (Fsp3) is 0.462. The maximum absolute atomic E-state index is 10.6. The smallest absolute Gasteiger partial charge is 0.151 e. The van der Waals surface area contributed by atoms with E-state index in [0.717, 1.165) is 36.6 Å². The number of carbonyl (C=O) groups is 1. The van der Waals surface area contributed by atoms with Crippen molar-refractivity contribution in [2.75, 3.05) is 25.4 Å². The Hall–Kier alpha value is -0.510. The SMILES string of the molecule is CCN(CC)CCSc1ccc(C=O)c(Cl)c1. The number of thioether (sulfide) groups is 1. The fourth-order valence-corrected chi connectivity index (χ4v) is 2.77. The van der Waals surface area contributed by atoms with Crippen molar-refractivity contribution in [2.45, 2.75) is 18.7 Å². The molecule has 4 heteroatoms. The quantitative estimate of drug-likeness (QED) is 0.558. The van der Waals surface area contributed by atoms with Crippen LogP contribution in [0.1, 0.15) is 24.2 Å². The second-order valence-electron chi connectivity index (χ2n) is 3.68. The first kappa shape index (κ1) is 14.6. The van der Waals surface area contributed by atoms with Crippen LogP contribution in [0.5, 0.6) is 0 Å². The lowest BCUT2D eigenvalue weighted by Crippen LogP contribution is -2.25. The second-order valence-corrected chi connectivity index (χ2v) is 5.25. The van der Waals surface area contributed by atoms with Crippen LogP contribution in [-0.4, -0.2) is 36.6 Å². The molecule has 17 heavy (non-hydrogen) atoms. The fourth-order valence-electron chi connectivity index (χ4n) is 1.53. The molecule has 1 rings (SSSR count). The molecule has 94 valence electrons. The van der Waals surface area contributed by atoms with E-state index in [-0.39, 0.29) is 0 Å². The van der Waals surface area contributed by atoms with Crippen LogP contribution in [-0.2, 0) is 0 Å². The van der Waals surface area contributed by atoms with E-state index in [4.69, 9.17) is 11.6 Å². The molecule has 0 aromatic heterocycles. The number of rotatable bonds is 7. The molecular weight excluding hydrogens is 254 g/mol. The minimum atomic E-state index is 0.535. The van der Waals surface area contributed by atoms with E-state index in [9.17, 15) is 4.79 Å². The van der Waals surface area contributed by atoms with E-state index < -0.39 is 0 Å². The first-order valence-electron chi connectivity index (χ1n) is 5.81. The van der Waals surface area contributed by atoms with Gasteiger partial charge in [0.25, 0.3) is 0 Å². The summed E-state index contributed by atoms with van der Waals surface area (Å²) in [5.41, 5.74) is 0.555. The molecule has 0 aliphatic heterocycles. The molecule has 0 unspecified atom stereocenters. The largest absolute Gasteiger partial charge is 0.303 e. The molecule has 0 N–H and O–H groups in total. The predicted octanol–water partition coefficient (Wildman–Crippen LogP) is 3.59. The highest BCUT2D eigenvalue weighted by molar-refractivity contribution is 7.99. The van der Waals surface area contributed by atoms with Crippen LogP contribution in [0, 0.1) is 0 Å². The van der Waals surface area contributed by atoms with Crippen LogP contribution >= 0.6 is 23.4 Å². The summed E-state index contributed by atoms with van der Waals surface area (Å²) in [6.45, 7) is 7.59. The van der Waals surface area contributed by atoms with Crippen molar-refractivity contribution in [3.05, 3.63) is 28.8 Å². The topological polar surface area (TPSA) is 20.3 Å². The van der Waals surface area contributed by atoms with Gasteiger partial charge in [0.05, 0.1) is 5.02 Å².